The van der Waals surface area contributed by atoms with Crippen molar-refractivity contribution in [2.45, 2.75) is 30.5 Å². The second kappa shape index (κ2) is 6.37. The van der Waals surface area contributed by atoms with Gasteiger partial charge in [-0.25, -0.2) is 9.97 Å². The molecule has 3 nitrogen and oxygen atoms in total. The Morgan fingerprint density at radius 1 is 1.37 bits per heavy atom. The van der Waals surface area contributed by atoms with Gasteiger partial charge in [-0.3, -0.25) is 0 Å². The molecule has 0 saturated carbocycles. The number of nitrogens with two attached hydrogens (primary N) is 1. The first-order chi connectivity index (χ1) is 9.08. The largest absolute Gasteiger partial charge is 0.324 e. The van der Waals surface area contributed by atoms with E-state index in [1.165, 1.54) is 0 Å². The van der Waals surface area contributed by atoms with Crippen molar-refractivity contribution in [2.75, 3.05) is 0 Å². The molecule has 0 saturated heterocycles. The SMILES string of the molecule is Cc1nc(CSc2ccccc2Cl)ncc1C(C)N. The van der Waals surface area contributed by atoms with Crippen molar-refractivity contribution in [3.8, 4) is 0 Å². The Bertz CT molecular complexity index is 572. The third-order valence-electron chi connectivity index (χ3n) is 2.75. The summed E-state index contributed by atoms with van der Waals surface area (Å²) in [5, 5.41) is 0.761. The number of nitrogens with zero attached hydrogens (tertiary/aromatic N) is 2. The van der Waals surface area contributed by atoms with Gasteiger partial charge in [0.25, 0.3) is 0 Å². The summed E-state index contributed by atoms with van der Waals surface area (Å²) in [4.78, 5) is 9.88. The minimum absolute atomic E-state index is 0.0368. The third kappa shape index (κ3) is 3.69. The van der Waals surface area contributed by atoms with Crippen LogP contribution in [-0.2, 0) is 5.75 Å². The number of hydrogen-bond donors (Lipinski definition) is 1. The summed E-state index contributed by atoms with van der Waals surface area (Å²) in [7, 11) is 0. The monoisotopic (exact) mass is 293 g/mol. The summed E-state index contributed by atoms with van der Waals surface area (Å²) in [6.45, 7) is 3.90. The van der Waals surface area contributed by atoms with E-state index in [-0.39, 0.29) is 6.04 Å². The molecular weight excluding hydrogens is 278 g/mol. The lowest BCUT2D eigenvalue weighted by Gasteiger charge is -2.09. The van der Waals surface area contributed by atoms with Crippen LogP contribution in [0.1, 0.15) is 30.0 Å². The molecule has 0 radical (unpaired) electrons. The fraction of sp³-hybridized carbons (Fsp3) is 0.286. The van der Waals surface area contributed by atoms with Gasteiger partial charge in [0.05, 0.1) is 10.8 Å². The Kier molecular flexibility index (Phi) is 4.80. The number of hydrogen-bond acceptors (Lipinski definition) is 4. The lowest BCUT2D eigenvalue weighted by atomic mass is 10.1. The molecule has 1 atom stereocenters. The van der Waals surface area contributed by atoms with Crippen LogP contribution in [-0.4, -0.2) is 9.97 Å². The van der Waals surface area contributed by atoms with Gasteiger partial charge in [0.1, 0.15) is 5.82 Å². The summed E-state index contributed by atoms with van der Waals surface area (Å²) in [5.41, 5.74) is 7.78. The van der Waals surface area contributed by atoms with Crippen LogP contribution in [0.2, 0.25) is 5.02 Å². The van der Waals surface area contributed by atoms with E-state index in [1.54, 1.807) is 11.8 Å². The van der Waals surface area contributed by atoms with Crippen LogP contribution in [0, 0.1) is 6.92 Å². The Balaban J connectivity index is 2.08. The zero-order valence-electron chi connectivity index (χ0n) is 10.9. The molecule has 1 heterocycles. The van der Waals surface area contributed by atoms with Crippen molar-refractivity contribution in [1.82, 2.24) is 9.97 Å². The highest BCUT2D eigenvalue weighted by Gasteiger charge is 2.08. The van der Waals surface area contributed by atoms with Crippen molar-refractivity contribution < 1.29 is 0 Å². The molecule has 5 heteroatoms. The van der Waals surface area contributed by atoms with Crippen LogP contribution in [0.25, 0.3) is 0 Å². The van der Waals surface area contributed by atoms with Gasteiger partial charge in [-0.05, 0) is 26.0 Å². The van der Waals surface area contributed by atoms with E-state index >= 15 is 0 Å². The smallest absolute Gasteiger partial charge is 0.138 e. The molecule has 19 heavy (non-hydrogen) atoms. The Morgan fingerprint density at radius 3 is 2.74 bits per heavy atom. The topological polar surface area (TPSA) is 51.8 Å². The average molecular weight is 294 g/mol. The molecule has 0 aliphatic rings. The number of halogens is 1. The molecule has 2 aromatic rings. The van der Waals surface area contributed by atoms with Gasteiger partial charge in [-0.15, -0.1) is 11.8 Å². The number of aromatic nitrogens is 2. The van der Waals surface area contributed by atoms with Crippen molar-refractivity contribution >= 4 is 23.4 Å². The summed E-state index contributed by atoms with van der Waals surface area (Å²) < 4.78 is 0. The molecule has 0 amide bonds. The maximum Gasteiger partial charge on any atom is 0.138 e. The molecule has 2 rings (SSSR count). The van der Waals surface area contributed by atoms with Crippen LogP contribution in [0.4, 0.5) is 0 Å². The molecular formula is C14H16ClN3S. The predicted molar refractivity (Wildman–Crippen MR) is 80.4 cm³/mol. The summed E-state index contributed by atoms with van der Waals surface area (Å²) in [6, 6.07) is 7.74. The van der Waals surface area contributed by atoms with E-state index in [1.807, 2.05) is 44.3 Å². The van der Waals surface area contributed by atoms with Crippen molar-refractivity contribution in [1.29, 1.82) is 0 Å². The molecule has 0 bridgehead atoms. The maximum absolute atomic E-state index is 6.11. The molecule has 0 aliphatic carbocycles. The van der Waals surface area contributed by atoms with Crippen LogP contribution in [0.3, 0.4) is 0 Å². The van der Waals surface area contributed by atoms with E-state index in [4.69, 9.17) is 17.3 Å². The lowest BCUT2D eigenvalue weighted by molar-refractivity contribution is 0.781. The summed E-state index contributed by atoms with van der Waals surface area (Å²) >= 11 is 7.75. The lowest BCUT2D eigenvalue weighted by Crippen LogP contribution is -2.10. The van der Waals surface area contributed by atoms with Gasteiger partial charge in [0, 0.05) is 28.4 Å². The van der Waals surface area contributed by atoms with Gasteiger partial charge in [-0.2, -0.15) is 0 Å². The van der Waals surface area contributed by atoms with E-state index in [2.05, 4.69) is 9.97 Å². The molecule has 1 aromatic heterocycles. The van der Waals surface area contributed by atoms with E-state index in [0.717, 1.165) is 27.0 Å². The zero-order valence-corrected chi connectivity index (χ0v) is 12.5. The van der Waals surface area contributed by atoms with Crippen molar-refractivity contribution in [3.63, 3.8) is 0 Å². The summed E-state index contributed by atoms with van der Waals surface area (Å²) in [6.07, 6.45) is 1.81. The second-order valence-corrected chi connectivity index (χ2v) is 5.76. The van der Waals surface area contributed by atoms with Crippen LogP contribution >= 0.6 is 23.4 Å². The molecule has 2 N–H and O–H groups in total. The Hall–Kier alpha value is -1.10. The second-order valence-electron chi connectivity index (χ2n) is 4.33. The third-order valence-corrected chi connectivity index (χ3v) is 4.26. The quantitative estimate of drug-likeness (QED) is 0.872. The fourth-order valence-electron chi connectivity index (χ4n) is 1.75. The molecule has 1 unspecified atom stereocenters. The molecule has 0 spiro atoms. The van der Waals surface area contributed by atoms with Gasteiger partial charge < -0.3 is 5.73 Å². The van der Waals surface area contributed by atoms with Gasteiger partial charge in [0.15, 0.2) is 0 Å². The number of thioether (sulfide) groups is 1. The van der Waals surface area contributed by atoms with Gasteiger partial charge in [-0.1, -0.05) is 23.7 Å². The first kappa shape index (κ1) is 14.3. The fourth-order valence-corrected chi connectivity index (χ4v) is 2.85. The molecule has 1 aromatic carbocycles. The number of rotatable bonds is 4. The minimum atomic E-state index is -0.0368. The van der Waals surface area contributed by atoms with Crippen LogP contribution < -0.4 is 5.73 Å². The number of aryl methyl sites for hydroxylation is 1. The minimum Gasteiger partial charge on any atom is -0.324 e. The highest BCUT2D eigenvalue weighted by molar-refractivity contribution is 7.98. The van der Waals surface area contributed by atoms with E-state index < -0.39 is 0 Å². The maximum atomic E-state index is 6.11. The molecule has 100 valence electrons. The highest BCUT2D eigenvalue weighted by Crippen LogP contribution is 2.28. The first-order valence-electron chi connectivity index (χ1n) is 6.03. The van der Waals surface area contributed by atoms with E-state index in [9.17, 15) is 0 Å². The Labute approximate surface area is 122 Å². The standard InChI is InChI=1S/C14H16ClN3S/c1-9(16)11-7-17-14(18-10(11)2)8-19-13-6-4-3-5-12(13)15/h3-7,9H,8,16H2,1-2H3. The average Bonchev–Trinajstić information content (AvgIpc) is 2.37. The summed E-state index contributed by atoms with van der Waals surface area (Å²) in [5.74, 6) is 1.50. The normalized spacial score (nSPS) is 12.4. The Morgan fingerprint density at radius 2 is 2.11 bits per heavy atom. The van der Waals surface area contributed by atoms with Crippen LogP contribution in [0.5, 0.6) is 0 Å². The number of benzene rings is 1. The first-order valence-corrected chi connectivity index (χ1v) is 7.39. The predicted octanol–water partition coefficient (Wildman–Crippen LogP) is 3.75. The highest BCUT2D eigenvalue weighted by atomic mass is 35.5. The molecule has 0 aliphatic heterocycles. The van der Waals surface area contributed by atoms with Crippen LogP contribution in [0.15, 0.2) is 35.4 Å². The van der Waals surface area contributed by atoms with Crippen molar-refractivity contribution in [3.05, 3.63) is 52.6 Å². The zero-order chi connectivity index (χ0) is 13.8. The van der Waals surface area contributed by atoms with Crippen molar-refractivity contribution in [2.24, 2.45) is 5.73 Å². The van der Waals surface area contributed by atoms with E-state index in [0.29, 0.717) is 5.75 Å². The van der Waals surface area contributed by atoms with Gasteiger partial charge in [0.2, 0.25) is 0 Å². The van der Waals surface area contributed by atoms with Gasteiger partial charge >= 0.3 is 0 Å². The molecule has 0 fully saturated rings.